The first kappa shape index (κ1) is 11.2. The molecule has 0 aliphatic carbocycles. The van der Waals surface area contributed by atoms with Crippen LogP contribution in [0.5, 0.6) is 0 Å². The van der Waals surface area contributed by atoms with Crippen LogP contribution in [0, 0.1) is 0 Å². The van der Waals surface area contributed by atoms with Crippen molar-refractivity contribution in [3.8, 4) is 0 Å². The third kappa shape index (κ3) is 2.12. The van der Waals surface area contributed by atoms with Crippen LogP contribution in [-0.4, -0.2) is 36.9 Å². The number of carboxylic acids is 1. The highest BCUT2D eigenvalue weighted by Crippen LogP contribution is 2.27. The molecule has 0 bridgehead atoms. The van der Waals surface area contributed by atoms with E-state index in [1.807, 2.05) is 0 Å². The smallest absolute Gasteiger partial charge is 0.333 e. The maximum atomic E-state index is 10.8. The molecule has 5 heteroatoms. The zero-order valence-corrected chi connectivity index (χ0v) is 8.44. The van der Waals surface area contributed by atoms with Crippen molar-refractivity contribution in [3.63, 3.8) is 0 Å². The van der Waals surface area contributed by atoms with Gasteiger partial charge in [0.25, 0.3) is 5.97 Å². The Kier molecular flexibility index (Phi) is 3.25. The molecule has 5 nitrogen and oxygen atoms in total. The first-order valence-corrected chi connectivity index (χ1v) is 4.29. The maximum absolute atomic E-state index is 10.8. The van der Waals surface area contributed by atoms with E-state index in [2.05, 4.69) is 0 Å². The van der Waals surface area contributed by atoms with Gasteiger partial charge < -0.3 is 19.3 Å². The molecule has 0 radical (unpaired) electrons. The topological polar surface area (TPSA) is 65.0 Å². The van der Waals surface area contributed by atoms with Gasteiger partial charge >= 0.3 is 5.97 Å². The van der Waals surface area contributed by atoms with Gasteiger partial charge in [-0.25, -0.2) is 4.79 Å². The fourth-order valence-corrected chi connectivity index (χ4v) is 1.26. The number of allylic oxidation sites excluding steroid dienone is 1. The number of hydrogen-bond acceptors (Lipinski definition) is 4. The molecule has 0 spiro atoms. The van der Waals surface area contributed by atoms with Crippen LogP contribution in [0.2, 0.25) is 0 Å². The largest absolute Gasteiger partial charge is 0.478 e. The summed E-state index contributed by atoms with van der Waals surface area (Å²) in [5.41, 5.74) is 0.186. The van der Waals surface area contributed by atoms with E-state index in [9.17, 15) is 4.79 Å². The molecule has 1 aliphatic rings. The van der Waals surface area contributed by atoms with Crippen molar-refractivity contribution in [2.75, 3.05) is 13.7 Å². The maximum Gasteiger partial charge on any atom is 0.333 e. The molecule has 1 heterocycles. The molecular formula is C9H14O5. The predicted molar refractivity (Wildman–Crippen MR) is 47.6 cm³/mol. The van der Waals surface area contributed by atoms with E-state index in [1.54, 1.807) is 13.8 Å². The Morgan fingerprint density at radius 2 is 2.36 bits per heavy atom. The lowest BCUT2D eigenvalue weighted by Gasteiger charge is -2.20. The Balaban J connectivity index is 2.70. The number of methoxy groups -OCH3 is 1. The van der Waals surface area contributed by atoms with Crippen molar-refractivity contribution in [2.45, 2.75) is 25.9 Å². The quantitative estimate of drug-likeness (QED) is 0.684. The lowest BCUT2D eigenvalue weighted by atomic mass is 10.1. The summed E-state index contributed by atoms with van der Waals surface area (Å²) in [6.07, 6.45) is 0.931. The van der Waals surface area contributed by atoms with Crippen LogP contribution in [0.3, 0.4) is 0 Å². The fourth-order valence-electron chi connectivity index (χ4n) is 1.26. The average molecular weight is 202 g/mol. The van der Waals surface area contributed by atoms with Crippen molar-refractivity contribution >= 4 is 5.97 Å². The predicted octanol–water partition coefficient (Wildman–Crippen LogP) is 0.753. The highest BCUT2D eigenvalue weighted by atomic mass is 16.9. The second-order valence-corrected chi connectivity index (χ2v) is 3.03. The fraction of sp³-hybridized carbons (Fsp3) is 0.667. The van der Waals surface area contributed by atoms with Crippen molar-refractivity contribution in [2.24, 2.45) is 0 Å². The van der Waals surface area contributed by atoms with Crippen molar-refractivity contribution in [1.82, 2.24) is 0 Å². The van der Waals surface area contributed by atoms with E-state index in [0.29, 0.717) is 0 Å². The summed E-state index contributed by atoms with van der Waals surface area (Å²) in [6, 6.07) is 0. The Hall–Kier alpha value is -0.910. The molecule has 1 rings (SSSR count). The van der Waals surface area contributed by atoms with Gasteiger partial charge in [0, 0.05) is 14.0 Å². The SMILES string of the molecule is CC=C(C(=O)O)C1COC(C)(OC)O1. The summed E-state index contributed by atoms with van der Waals surface area (Å²) in [6.45, 7) is 3.44. The third-order valence-electron chi connectivity index (χ3n) is 2.13. The molecule has 1 aliphatic heterocycles. The van der Waals surface area contributed by atoms with Crippen LogP contribution in [0.25, 0.3) is 0 Å². The minimum absolute atomic E-state index is 0.186. The number of carboxylic acid groups (broad SMARTS) is 1. The minimum Gasteiger partial charge on any atom is -0.478 e. The molecule has 0 aromatic rings. The Morgan fingerprint density at radius 1 is 1.71 bits per heavy atom. The Morgan fingerprint density at radius 3 is 2.71 bits per heavy atom. The molecule has 14 heavy (non-hydrogen) atoms. The first-order chi connectivity index (χ1) is 6.52. The highest BCUT2D eigenvalue weighted by molar-refractivity contribution is 5.87. The van der Waals surface area contributed by atoms with Gasteiger partial charge in [-0.3, -0.25) is 0 Å². The van der Waals surface area contributed by atoms with Crippen molar-refractivity contribution < 1.29 is 24.1 Å². The van der Waals surface area contributed by atoms with E-state index in [4.69, 9.17) is 19.3 Å². The zero-order chi connectivity index (χ0) is 10.8. The molecule has 1 N–H and O–H groups in total. The summed E-state index contributed by atoms with van der Waals surface area (Å²) >= 11 is 0. The normalized spacial score (nSPS) is 33.4. The summed E-state index contributed by atoms with van der Waals surface area (Å²) in [4.78, 5) is 10.8. The number of hydrogen-bond donors (Lipinski definition) is 1. The Bertz CT molecular complexity index is 260. The summed E-state index contributed by atoms with van der Waals surface area (Å²) in [5.74, 6) is -2.13. The van der Waals surface area contributed by atoms with E-state index in [-0.39, 0.29) is 12.2 Å². The monoisotopic (exact) mass is 202 g/mol. The summed E-state index contributed by atoms with van der Waals surface area (Å²) in [5, 5.41) is 8.83. The first-order valence-electron chi connectivity index (χ1n) is 4.29. The highest BCUT2D eigenvalue weighted by Gasteiger charge is 2.40. The lowest BCUT2D eigenvalue weighted by molar-refractivity contribution is -0.311. The number of ether oxygens (including phenoxy) is 3. The number of carbonyl (C=O) groups is 1. The van der Waals surface area contributed by atoms with Gasteiger partial charge in [-0.1, -0.05) is 6.08 Å². The molecule has 2 unspecified atom stereocenters. The van der Waals surface area contributed by atoms with Crippen LogP contribution in [0.1, 0.15) is 13.8 Å². The molecule has 0 aromatic heterocycles. The molecule has 0 saturated carbocycles. The van der Waals surface area contributed by atoms with Gasteiger partial charge in [0.1, 0.15) is 6.10 Å². The summed E-state index contributed by atoms with van der Waals surface area (Å²) < 4.78 is 15.4. The van der Waals surface area contributed by atoms with Gasteiger partial charge in [-0.05, 0) is 6.92 Å². The lowest BCUT2D eigenvalue weighted by Crippen LogP contribution is -2.30. The van der Waals surface area contributed by atoms with Gasteiger partial charge in [-0.15, -0.1) is 0 Å². The van der Waals surface area contributed by atoms with E-state index < -0.39 is 18.0 Å². The number of rotatable bonds is 3. The van der Waals surface area contributed by atoms with E-state index >= 15 is 0 Å². The van der Waals surface area contributed by atoms with Crippen LogP contribution in [0.15, 0.2) is 11.6 Å². The van der Waals surface area contributed by atoms with Gasteiger partial charge in [0.05, 0.1) is 12.2 Å². The zero-order valence-electron chi connectivity index (χ0n) is 8.44. The molecule has 80 valence electrons. The van der Waals surface area contributed by atoms with E-state index in [0.717, 1.165) is 0 Å². The van der Waals surface area contributed by atoms with Crippen LogP contribution in [0.4, 0.5) is 0 Å². The van der Waals surface area contributed by atoms with Gasteiger partial charge in [-0.2, -0.15) is 0 Å². The van der Waals surface area contributed by atoms with E-state index in [1.165, 1.54) is 13.2 Å². The second kappa shape index (κ2) is 4.08. The van der Waals surface area contributed by atoms with Gasteiger partial charge in [0.2, 0.25) is 0 Å². The molecule has 1 fully saturated rings. The van der Waals surface area contributed by atoms with Crippen molar-refractivity contribution in [1.29, 1.82) is 0 Å². The number of aliphatic carboxylic acids is 1. The van der Waals surface area contributed by atoms with Crippen molar-refractivity contribution in [3.05, 3.63) is 11.6 Å². The minimum atomic E-state index is -1.13. The standard InChI is InChI=1S/C9H14O5/c1-4-6(8(10)11)7-5-13-9(2,12-3)14-7/h4,7H,5H2,1-3H3,(H,10,11). The van der Waals surface area contributed by atoms with Gasteiger partial charge in [0.15, 0.2) is 0 Å². The molecule has 0 amide bonds. The van der Waals surface area contributed by atoms with Crippen LogP contribution < -0.4 is 0 Å². The molecule has 0 aromatic carbocycles. The molecular weight excluding hydrogens is 188 g/mol. The average Bonchev–Trinajstić information content (AvgIpc) is 2.50. The van der Waals surface area contributed by atoms with Crippen LogP contribution >= 0.6 is 0 Å². The molecule has 1 saturated heterocycles. The molecule has 2 atom stereocenters. The second-order valence-electron chi connectivity index (χ2n) is 3.03. The third-order valence-corrected chi connectivity index (χ3v) is 2.13. The summed E-state index contributed by atoms with van der Waals surface area (Å²) in [7, 11) is 1.44. The Labute approximate surface area is 82.3 Å². The van der Waals surface area contributed by atoms with Crippen LogP contribution in [-0.2, 0) is 19.0 Å².